The molecule has 0 spiro atoms. The first-order valence-corrected chi connectivity index (χ1v) is 37.8. The van der Waals surface area contributed by atoms with E-state index in [0.29, 0.717) is 59.2 Å². The Morgan fingerprint density at radius 3 is 1.93 bits per heavy atom. The Morgan fingerprint density at radius 1 is 0.642 bits per heavy atom. The molecule has 5 heterocycles. The number of fused-ring (bicyclic) bond motifs is 3. The molecule has 12 atom stereocenters. The molecular weight excluding hydrogens is 1370 g/mol. The lowest BCUT2D eigenvalue weighted by molar-refractivity contribution is -0.136. The number of hydrogen-bond acceptors (Lipinski definition) is 16. The Hall–Kier alpha value is -10.2. The summed E-state index contributed by atoms with van der Waals surface area (Å²) in [7, 11) is 2.16. The summed E-state index contributed by atoms with van der Waals surface area (Å²) in [5.74, 6) is -5.55. The van der Waals surface area contributed by atoms with Crippen molar-refractivity contribution in [2.45, 2.75) is 176 Å². The predicted molar refractivity (Wildman–Crippen MR) is 407 cm³/mol. The number of unbranched alkanes of at least 4 members (excludes halogenated alkanes) is 1. The number of rotatable bonds is 22. The maximum atomic E-state index is 15.3. The van der Waals surface area contributed by atoms with Gasteiger partial charge < -0.3 is 84.8 Å². The molecular formula is C78H100N16O11S. The summed E-state index contributed by atoms with van der Waals surface area (Å²) in [6.07, 6.45) is 8.45. The maximum Gasteiger partial charge on any atom is 0.245 e. The van der Waals surface area contributed by atoms with Crippen LogP contribution in [-0.2, 0) is 75.3 Å². The van der Waals surface area contributed by atoms with E-state index in [0.717, 1.165) is 35.8 Å². The number of phenolic OH excluding ortho intramolecular Hbond substituents is 1. The number of likely N-dealkylation sites (N-methyl/N-ethyl adjacent to an activating group) is 1. The average molecular weight is 1470 g/mol. The molecule has 1 aliphatic carbocycles. The number of aromatic amines is 2. The van der Waals surface area contributed by atoms with E-state index in [-0.39, 0.29) is 107 Å². The van der Waals surface area contributed by atoms with Crippen LogP contribution in [0.5, 0.6) is 5.75 Å². The number of aliphatic imine (C=N–C) groups is 1. The summed E-state index contributed by atoms with van der Waals surface area (Å²) in [6, 6.07) is 21.1. The average Bonchev–Trinajstić information content (AvgIpc) is 1.50. The molecule has 2 fully saturated rings. The Balaban J connectivity index is 0.969. The second-order valence-corrected chi connectivity index (χ2v) is 29.2. The number of nitrogens with one attached hydrogen (secondary N) is 10. The molecule has 0 radical (unpaired) electrons. The van der Waals surface area contributed by atoms with Gasteiger partial charge in [0.2, 0.25) is 47.3 Å². The van der Waals surface area contributed by atoms with Crippen molar-refractivity contribution >= 4 is 92.6 Å². The van der Waals surface area contributed by atoms with Crippen molar-refractivity contribution in [2.75, 3.05) is 38.2 Å². The van der Waals surface area contributed by atoms with E-state index >= 15 is 24.0 Å². The summed E-state index contributed by atoms with van der Waals surface area (Å²) in [5.41, 5.74) is 24.3. The second kappa shape index (κ2) is 38.2. The number of carbonyl (C=O) groups excluding carboxylic acids is 9. The number of guanidine groups is 1. The molecule has 0 saturated carbocycles. The second-order valence-electron chi connectivity index (χ2n) is 28.2. The molecule has 7 aromatic rings. The number of ketones is 1. The van der Waals surface area contributed by atoms with E-state index in [2.05, 4.69) is 98.8 Å². The number of para-hydroxylation sites is 1. The Labute approximate surface area is 620 Å². The van der Waals surface area contributed by atoms with Crippen molar-refractivity contribution in [1.82, 2.24) is 62.4 Å². The third kappa shape index (κ3) is 21.8. The number of nitrogens with two attached hydrogens (primary N) is 3. The molecule has 27 nitrogen and oxygen atoms in total. The molecule has 8 amide bonds. The molecule has 2 aliphatic heterocycles. The first-order valence-electron chi connectivity index (χ1n) is 36.7. The van der Waals surface area contributed by atoms with Gasteiger partial charge in [0.05, 0.1) is 17.9 Å². The first-order chi connectivity index (χ1) is 51.2. The van der Waals surface area contributed by atoms with Gasteiger partial charge >= 0.3 is 0 Å². The van der Waals surface area contributed by atoms with Gasteiger partial charge in [0.25, 0.3) is 0 Å². The van der Waals surface area contributed by atoms with Gasteiger partial charge in [-0.25, -0.2) is 0 Å². The number of hydrogen-bond donors (Lipinski definition) is 15. The number of phenols is 1. The third-order valence-electron chi connectivity index (χ3n) is 20.2. The largest absolute Gasteiger partial charge is 0.508 e. The van der Waals surface area contributed by atoms with Crippen LogP contribution in [0, 0.1) is 5.92 Å². The molecule has 4 aromatic carbocycles. The van der Waals surface area contributed by atoms with E-state index < -0.39 is 107 Å². The van der Waals surface area contributed by atoms with Crippen LogP contribution in [0.2, 0.25) is 0 Å². The van der Waals surface area contributed by atoms with Gasteiger partial charge in [0.1, 0.15) is 48.0 Å². The van der Waals surface area contributed by atoms with Crippen molar-refractivity contribution < 1.29 is 53.4 Å². The number of Topliss-reactive ketones (excluding diaryl/α,β-unsaturated/α-hetero) is 1. The van der Waals surface area contributed by atoms with Gasteiger partial charge in [-0.15, -0.1) is 0 Å². The number of carbonyl (C=O) groups is 9. The highest BCUT2D eigenvalue weighted by atomic mass is 32.2. The number of thioether (sulfide) groups is 1. The monoisotopic (exact) mass is 1470 g/mol. The minimum absolute atomic E-state index is 0.00529. The van der Waals surface area contributed by atoms with E-state index in [9.17, 15) is 29.4 Å². The predicted octanol–water partition coefficient (Wildman–Crippen LogP) is 3.39. The number of H-pyrrole nitrogens is 2. The quantitative estimate of drug-likeness (QED) is 0.0263. The Morgan fingerprint density at radius 2 is 1.24 bits per heavy atom. The summed E-state index contributed by atoms with van der Waals surface area (Å²) in [6.45, 7) is 2.43. The smallest absolute Gasteiger partial charge is 0.245 e. The Bertz CT molecular complexity index is 4190. The van der Waals surface area contributed by atoms with Gasteiger partial charge in [0.15, 0.2) is 11.7 Å². The summed E-state index contributed by atoms with van der Waals surface area (Å²) < 4.78 is 0. The van der Waals surface area contributed by atoms with Gasteiger partial charge in [-0.1, -0.05) is 85.6 Å². The van der Waals surface area contributed by atoms with E-state index in [1.54, 1.807) is 60.8 Å². The minimum Gasteiger partial charge on any atom is -0.508 e. The highest BCUT2D eigenvalue weighted by Crippen LogP contribution is 2.45. The molecule has 3 aromatic heterocycles. The molecule has 0 unspecified atom stereocenters. The van der Waals surface area contributed by atoms with Gasteiger partial charge in [-0.2, -0.15) is 11.8 Å². The molecule has 2 saturated heterocycles. The number of amides is 8. The third-order valence-corrected chi connectivity index (χ3v) is 21.4. The highest BCUT2D eigenvalue weighted by Gasteiger charge is 2.41. The van der Waals surface area contributed by atoms with Gasteiger partial charge in [-0.05, 0) is 166 Å². The lowest BCUT2D eigenvalue weighted by Crippen LogP contribution is -2.61. The highest BCUT2D eigenvalue weighted by molar-refractivity contribution is 7.99. The minimum atomic E-state index is -1.67. The number of aliphatic hydroxyl groups is 1. The SMILES string of the molecule is C[C@@H](O)[C@@H]1NC(=O)[C@H](CCCCN)NC(=O)[C@@H](Cc2c[nH]c3ccccc23)NC(=O)[C@H](Cc2ccncc2)NC(=O)[C@H](Cc2ccccc2)NC(=O)[C@H](CCCN=C(N)N)NC(=O)[C@H](NC(=O)CSC[C@@H]2C[C@@H]3c4cccc5[nH]cc(c45)C[C@H]3N(C)C2)CCCCCC(=O)[C@H](Cc2ccc(O)cc2)NC1=O. The molecule has 10 rings (SSSR count). The number of nitrogens with zero attached hydrogens (tertiary/aromatic N) is 3. The van der Waals surface area contributed by atoms with E-state index in [1.165, 1.54) is 59.7 Å². The number of pyridine rings is 1. The fraction of sp³-hybridized carbons (Fsp3) is 0.449. The molecule has 106 heavy (non-hydrogen) atoms. The van der Waals surface area contributed by atoms with Crippen molar-refractivity contribution in [3.63, 3.8) is 0 Å². The van der Waals surface area contributed by atoms with Crippen molar-refractivity contribution in [2.24, 2.45) is 28.1 Å². The number of aliphatic hydroxyl groups excluding tert-OH is 1. The van der Waals surface area contributed by atoms with Crippen molar-refractivity contribution in [1.29, 1.82) is 0 Å². The Kier molecular flexibility index (Phi) is 28.3. The molecule has 0 bridgehead atoms. The molecule has 3 aliphatic rings. The van der Waals surface area contributed by atoms with E-state index in [1.807, 2.05) is 24.3 Å². The van der Waals surface area contributed by atoms with Crippen LogP contribution in [-0.4, -0.2) is 188 Å². The zero-order valence-corrected chi connectivity index (χ0v) is 60.8. The van der Waals surface area contributed by atoms with Crippen LogP contribution < -0.4 is 59.7 Å². The fourth-order valence-corrected chi connectivity index (χ4v) is 15.6. The standard InChI is InChI=1S/C78H100N16O11S/c1-46(95)70-77(105)89-62(36-48-25-27-53(96)28-26-48)67(97)24-8-4-7-20-59(86-68(98)45-106-44-50-35-56-55-18-13-22-58-69(55)52(42-85-58)40-66(56)94(2)43-50)71(99)87-61(23-14-32-83-78(80)81)72(100)90-63(37-47-15-5-3-6-16-47)74(102)91-64(38-49-29-33-82-34-30-49)75(103)92-65(39-51-41-84-57-19-10-9-17-54(51)57)76(104)88-60(73(101)93-70)21-11-12-31-79/h3,5-6,9-10,13,15-19,22,25-30,33-34,41-42,46,50,56,59-66,70,84-85,95-96H,4,7-8,11-12,14,20-21,23-24,31-32,35-40,43-45,79H2,1-2H3,(H,86,98)(H,87,99)(H,88,104)(H,89,105)(H,90,100)(H,91,102)(H,92,103)(H,93,101)(H4,80,81,83)/t46-,50-,56-,59-,60+,61+,62+,63+,64+,65-,66-,70+/m1/s1. The van der Waals surface area contributed by atoms with Crippen molar-refractivity contribution in [3.8, 4) is 5.75 Å². The lowest BCUT2D eigenvalue weighted by Gasteiger charge is -2.45. The van der Waals surface area contributed by atoms with Crippen LogP contribution in [0.1, 0.15) is 117 Å². The zero-order chi connectivity index (χ0) is 75.2. The maximum absolute atomic E-state index is 15.3. The van der Waals surface area contributed by atoms with E-state index in [4.69, 9.17) is 17.2 Å². The first kappa shape index (κ1) is 78.4. The van der Waals surface area contributed by atoms with Crippen LogP contribution in [0.15, 0.2) is 139 Å². The number of piperidine rings is 1. The summed E-state index contributed by atoms with van der Waals surface area (Å²) in [5, 5.41) is 46.3. The molecule has 18 N–H and O–H groups in total. The summed E-state index contributed by atoms with van der Waals surface area (Å²) >= 11 is 1.48. The normalized spacial score (nSPS) is 24.0. The van der Waals surface area contributed by atoms with Crippen LogP contribution in [0.4, 0.5) is 0 Å². The summed E-state index contributed by atoms with van der Waals surface area (Å²) in [4.78, 5) is 152. The lowest BCUT2D eigenvalue weighted by atomic mass is 9.73. The number of aromatic nitrogens is 3. The van der Waals surface area contributed by atoms with Gasteiger partial charge in [-0.3, -0.25) is 53.1 Å². The topological polar surface area (TPSA) is 428 Å². The fourth-order valence-electron chi connectivity index (χ4n) is 14.7. The molecule has 564 valence electrons. The zero-order valence-electron chi connectivity index (χ0n) is 60.0. The number of likely N-dealkylation sites (tertiary alicyclic amines) is 1. The van der Waals surface area contributed by atoms with Crippen molar-refractivity contribution in [3.05, 3.63) is 167 Å². The molecule has 28 heteroatoms. The van der Waals surface area contributed by atoms with Crippen LogP contribution in [0.3, 0.4) is 0 Å². The van der Waals surface area contributed by atoms with Crippen LogP contribution >= 0.6 is 11.8 Å². The van der Waals surface area contributed by atoms with Gasteiger partial charge in [0, 0.05) is 97.3 Å². The number of benzene rings is 4. The van der Waals surface area contributed by atoms with Crippen LogP contribution in [0.25, 0.3) is 21.8 Å². The number of aromatic hydroxyl groups is 1.